The van der Waals surface area contributed by atoms with Crippen LogP contribution >= 0.6 is 0 Å². The lowest BCUT2D eigenvalue weighted by Gasteiger charge is -2.33. The maximum Gasteiger partial charge on any atom is 0.307 e. The van der Waals surface area contributed by atoms with Crippen LogP contribution in [-0.4, -0.2) is 51.8 Å². The number of anilines is 1. The number of benzene rings is 2. The van der Waals surface area contributed by atoms with E-state index in [2.05, 4.69) is 5.32 Å². The zero-order chi connectivity index (χ0) is 24.0. The second-order valence-electron chi connectivity index (χ2n) is 7.48. The van der Waals surface area contributed by atoms with Gasteiger partial charge in [-0.15, -0.1) is 0 Å². The van der Waals surface area contributed by atoms with Crippen molar-refractivity contribution in [3.05, 3.63) is 48.0 Å². The minimum Gasteiger partial charge on any atom is -0.493 e. The Kier molecular flexibility index (Phi) is 7.76. The van der Waals surface area contributed by atoms with Gasteiger partial charge in [0.1, 0.15) is 5.75 Å². The van der Waals surface area contributed by atoms with Crippen LogP contribution in [-0.2, 0) is 19.1 Å². The fourth-order valence-corrected chi connectivity index (χ4v) is 3.64. The van der Waals surface area contributed by atoms with E-state index < -0.39 is 18.1 Å². The van der Waals surface area contributed by atoms with E-state index in [1.54, 1.807) is 42.2 Å². The van der Waals surface area contributed by atoms with Gasteiger partial charge in [-0.25, -0.2) is 0 Å². The summed E-state index contributed by atoms with van der Waals surface area (Å²) in [4.78, 5) is 39.0. The molecule has 1 aliphatic heterocycles. The lowest BCUT2D eigenvalue weighted by atomic mass is 10.0. The summed E-state index contributed by atoms with van der Waals surface area (Å²) in [5.74, 6) is 0.599. The van der Waals surface area contributed by atoms with E-state index in [0.717, 1.165) is 0 Å². The lowest BCUT2D eigenvalue weighted by Crippen LogP contribution is -2.46. The summed E-state index contributed by atoms with van der Waals surface area (Å²) in [6, 6.07) is 11.7. The molecule has 2 aromatic carbocycles. The van der Waals surface area contributed by atoms with E-state index in [-0.39, 0.29) is 31.2 Å². The monoisotopic (exact) mass is 456 g/mol. The second-order valence-corrected chi connectivity index (χ2v) is 7.48. The van der Waals surface area contributed by atoms with Gasteiger partial charge < -0.3 is 29.2 Å². The van der Waals surface area contributed by atoms with Crippen LogP contribution in [0.4, 0.5) is 5.69 Å². The SMILES string of the molecule is COC(=O)CC(NC(=O)CCN1C(=O)C(C)Oc2ccccc21)c1ccc(OC)c(OC)c1. The average Bonchev–Trinajstić information content (AvgIpc) is 2.83. The molecule has 9 heteroatoms. The predicted octanol–water partition coefficient (Wildman–Crippen LogP) is 2.63. The van der Waals surface area contributed by atoms with Gasteiger partial charge in [0.15, 0.2) is 17.6 Å². The van der Waals surface area contributed by atoms with Crippen LogP contribution in [0.2, 0.25) is 0 Å². The van der Waals surface area contributed by atoms with Crippen LogP contribution in [0.5, 0.6) is 17.2 Å². The number of hydrogen-bond acceptors (Lipinski definition) is 7. The van der Waals surface area contributed by atoms with Crippen LogP contribution in [0.3, 0.4) is 0 Å². The third kappa shape index (κ3) is 5.54. The van der Waals surface area contributed by atoms with Gasteiger partial charge in [0, 0.05) is 13.0 Å². The third-order valence-corrected chi connectivity index (χ3v) is 5.38. The third-order valence-electron chi connectivity index (χ3n) is 5.38. The van der Waals surface area contributed by atoms with Crippen LogP contribution in [0.25, 0.3) is 0 Å². The number of amides is 2. The highest BCUT2D eigenvalue weighted by molar-refractivity contribution is 6.00. The summed E-state index contributed by atoms with van der Waals surface area (Å²) in [6.45, 7) is 1.85. The molecule has 0 radical (unpaired) electrons. The summed E-state index contributed by atoms with van der Waals surface area (Å²) in [7, 11) is 4.32. The highest BCUT2D eigenvalue weighted by Gasteiger charge is 2.31. The van der Waals surface area contributed by atoms with Crippen molar-refractivity contribution in [3.8, 4) is 17.2 Å². The molecule has 2 atom stereocenters. The maximum absolute atomic E-state index is 12.8. The highest BCUT2D eigenvalue weighted by Crippen LogP contribution is 2.34. The summed E-state index contributed by atoms with van der Waals surface area (Å²) in [5.41, 5.74) is 1.28. The van der Waals surface area contributed by atoms with E-state index >= 15 is 0 Å². The molecule has 3 rings (SSSR count). The number of fused-ring (bicyclic) bond motifs is 1. The van der Waals surface area contributed by atoms with Crippen LogP contribution in [0.1, 0.15) is 31.4 Å². The van der Waals surface area contributed by atoms with Crippen molar-refractivity contribution in [3.63, 3.8) is 0 Å². The molecule has 0 saturated carbocycles. The van der Waals surface area contributed by atoms with Gasteiger partial charge in [-0.2, -0.15) is 0 Å². The Labute approximate surface area is 192 Å². The molecule has 0 aliphatic carbocycles. The molecule has 0 spiro atoms. The summed E-state index contributed by atoms with van der Waals surface area (Å²) in [6.07, 6.45) is -0.659. The summed E-state index contributed by atoms with van der Waals surface area (Å²) < 4.78 is 21.0. The van der Waals surface area contributed by atoms with Gasteiger partial charge in [0.25, 0.3) is 5.91 Å². The normalized spacial score (nSPS) is 15.7. The van der Waals surface area contributed by atoms with E-state index in [1.165, 1.54) is 21.3 Å². The Morgan fingerprint density at radius 3 is 2.52 bits per heavy atom. The Morgan fingerprint density at radius 1 is 1.09 bits per heavy atom. The molecule has 9 nitrogen and oxygen atoms in total. The van der Waals surface area contributed by atoms with E-state index in [1.807, 2.05) is 12.1 Å². The number of ether oxygens (including phenoxy) is 4. The molecule has 2 amide bonds. The maximum atomic E-state index is 12.8. The second kappa shape index (κ2) is 10.7. The number of esters is 1. The number of carbonyl (C=O) groups is 3. The van der Waals surface area contributed by atoms with E-state index in [0.29, 0.717) is 28.5 Å². The topological polar surface area (TPSA) is 103 Å². The minimum absolute atomic E-state index is 0.0394. The molecular weight excluding hydrogens is 428 g/mol. The molecule has 0 aromatic heterocycles. The fraction of sp³-hybridized carbons (Fsp3) is 0.375. The number of para-hydroxylation sites is 2. The van der Waals surface area contributed by atoms with Crippen molar-refractivity contribution in [2.75, 3.05) is 32.8 Å². The zero-order valence-corrected chi connectivity index (χ0v) is 19.1. The van der Waals surface area contributed by atoms with Crippen molar-refractivity contribution < 1.29 is 33.3 Å². The van der Waals surface area contributed by atoms with Gasteiger partial charge >= 0.3 is 5.97 Å². The molecule has 0 fully saturated rings. The standard InChI is InChI=1S/C24H28N2O7/c1-15-24(29)26(18-7-5-6-8-19(18)33-15)12-11-22(27)25-17(14-23(28)32-4)16-9-10-20(30-2)21(13-16)31-3/h5-10,13,15,17H,11-12,14H2,1-4H3,(H,25,27). The molecule has 1 N–H and O–H groups in total. The molecule has 2 unspecified atom stereocenters. The number of carbonyl (C=O) groups excluding carboxylic acids is 3. The molecule has 33 heavy (non-hydrogen) atoms. The smallest absolute Gasteiger partial charge is 0.307 e. The van der Waals surface area contributed by atoms with E-state index in [4.69, 9.17) is 18.9 Å². The minimum atomic E-state index is -0.642. The number of nitrogens with one attached hydrogen (secondary N) is 1. The Morgan fingerprint density at radius 2 is 1.82 bits per heavy atom. The van der Waals surface area contributed by atoms with Gasteiger partial charge in [-0.05, 0) is 36.8 Å². The molecule has 176 valence electrons. The number of nitrogens with zero attached hydrogens (tertiary/aromatic N) is 1. The summed E-state index contributed by atoms with van der Waals surface area (Å²) in [5, 5.41) is 2.87. The van der Waals surface area contributed by atoms with Gasteiger partial charge in [-0.3, -0.25) is 14.4 Å². The number of rotatable bonds is 9. The predicted molar refractivity (Wildman–Crippen MR) is 121 cm³/mol. The molecule has 1 aliphatic rings. The molecule has 0 saturated heterocycles. The molecule has 2 aromatic rings. The van der Waals surface area contributed by atoms with Crippen molar-refractivity contribution in [2.45, 2.75) is 31.9 Å². The first-order valence-corrected chi connectivity index (χ1v) is 10.5. The Hall–Kier alpha value is -3.75. The highest BCUT2D eigenvalue weighted by atomic mass is 16.5. The molecular formula is C24H28N2O7. The lowest BCUT2D eigenvalue weighted by molar-refractivity contribution is -0.141. The first-order chi connectivity index (χ1) is 15.9. The van der Waals surface area contributed by atoms with Crippen LogP contribution in [0.15, 0.2) is 42.5 Å². The first kappa shape index (κ1) is 23.9. The van der Waals surface area contributed by atoms with Crippen LogP contribution < -0.4 is 24.4 Å². The molecule has 0 bridgehead atoms. The average molecular weight is 456 g/mol. The van der Waals surface area contributed by atoms with Crippen LogP contribution in [0, 0.1) is 0 Å². The largest absolute Gasteiger partial charge is 0.493 e. The Balaban J connectivity index is 1.74. The number of methoxy groups -OCH3 is 3. The fourth-order valence-electron chi connectivity index (χ4n) is 3.64. The van der Waals surface area contributed by atoms with E-state index in [9.17, 15) is 14.4 Å². The molecule has 1 heterocycles. The van der Waals surface area contributed by atoms with Gasteiger partial charge in [0.2, 0.25) is 5.91 Å². The quantitative estimate of drug-likeness (QED) is 0.579. The Bertz CT molecular complexity index is 1020. The van der Waals surface area contributed by atoms with Crippen molar-refractivity contribution >= 4 is 23.5 Å². The van der Waals surface area contributed by atoms with Crippen molar-refractivity contribution in [2.24, 2.45) is 0 Å². The zero-order valence-electron chi connectivity index (χ0n) is 19.1. The number of hydrogen-bond donors (Lipinski definition) is 1. The van der Waals surface area contributed by atoms with Gasteiger partial charge in [-0.1, -0.05) is 18.2 Å². The van der Waals surface area contributed by atoms with Crippen molar-refractivity contribution in [1.82, 2.24) is 5.32 Å². The van der Waals surface area contributed by atoms with Crippen molar-refractivity contribution in [1.29, 1.82) is 0 Å². The first-order valence-electron chi connectivity index (χ1n) is 10.5. The summed E-state index contributed by atoms with van der Waals surface area (Å²) >= 11 is 0. The van der Waals surface area contributed by atoms with Gasteiger partial charge in [0.05, 0.1) is 39.5 Å².